The zero-order chi connectivity index (χ0) is 16.5. The van der Waals surface area contributed by atoms with Crippen molar-refractivity contribution in [3.05, 3.63) is 42.5 Å². The number of pyridine rings is 1. The summed E-state index contributed by atoms with van der Waals surface area (Å²) in [6.45, 7) is 0.885. The number of aromatic nitrogens is 4. The van der Waals surface area contributed by atoms with Crippen LogP contribution < -0.4 is 10.6 Å². The van der Waals surface area contributed by atoms with Gasteiger partial charge in [0.1, 0.15) is 23.3 Å². The summed E-state index contributed by atoms with van der Waals surface area (Å²) in [4.78, 5) is 13.1. The van der Waals surface area contributed by atoms with E-state index in [1.165, 1.54) is 0 Å². The van der Waals surface area contributed by atoms with Gasteiger partial charge in [-0.05, 0) is 17.7 Å². The molecule has 2 atom stereocenters. The van der Waals surface area contributed by atoms with Crippen LogP contribution in [0.2, 0.25) is 0 Å². The Hall–Kier alpha value is -2.58. The lowest BCUT2D eigenvalue weighted by Crippen LogP contribution is -2.29. The number of halogens is 1. The molecule has 24 heavy (non-hydrogen) atoms. The van der Waals surface area contributed by atoms with E-state index in [0.717, 1.165) is 16.9 Å². The fraction of sp³-hybridized carbons (Fsp3) is 0.312. The van der Waals surface area contributed by atoms with Gasteiger partial charge in [-0.25, -0.2) is 14.4 Å². The number of hydrogen-bond acceptors (Lipinski definition) is 6. The molecule has 8 heteroatoms. The van der Waals surface area contributed by atoms with Crippen molar-refractivity contribution < 1.29 is 9.50 Å². The number of anilines is 1. The van der Waals surface area contributed by atoms with Crippen LogP contribution in [0.15, 0.2) is 36.9 Å². The van der Waals surface area contributed by atoms with Crippen LogP contribution in [0.1, 0.15) is 5.56 Å². The Morgan fingerprint density at radius 1 is 1.33 bits per heavy atom. The van der Waals surface area contributed by atoms with E-state index in [-0.39, 0.29) is 12.6 Å². The number of imidazole rings is 1. The minimum atomic E-state index is -0.942. The number of aliphatic hydroxyl groups excluding tert-OH is 1. The van der Waals surface area contributed by atoms with Crippen molar-refractivity contribution >= 4 is 11.5 Å². The molecular weight excluding hydrogens is 311 g/mol. The van der Waals surface area contributed by atoms with Gasteiger partial charge in [0, 0.05) is 19.3 Å². The fourth-order valence-electron chi connectivity index (χ4n) is 2.85. The summed E-state index contributed by atoms with van der Waals surface area (Å²) in [5.74, 6) is 0.533. The van der Waals surface area contributed by atoms with Gasteiger partial charge in [-0.3, -0.25) is 9.38 Å². The zero-order valence-corrected chi connectivity index (χ0v) is 12.9. The van der Waals surface area contributed by atoms with Gasteiger partial charge < -0.3 is 15.7 Å². The molecule has 4 heterocycles. The van der Waals surface area contributed by atoms with Crippen LogP contribution in [-0.4, -0.2) is 49.8 Å². The molecule has 0 bridgehead atoms. The average Bonchev–Trinajstić information content (AvgIpc) is 3.21. The molecule has 3 aromatic heterocycles. The predicted molar refractivity (Wildman–Crippen MR) is 87.3 cm³/mol. The number of nitrogens with zero attached hydrogens (tertiary/aromatic N) is 4. The van der Waals surface area contributed by atoms with Crippen LogP contribution >= 0.6 is 0 Å². The predicted octanol–water partition coefficient (Wildman–Crippen LogP) is 1.01. The Labute approximate surface area is 137 Å². The molecule has 0 saturated carbocycles. The number of hydrogen-bond donors (Lipinski definition) is 3. The van der Waals surface area contributed by atoms with Crippen LogP contribution in [0.4, 0.5) is 10.2 Å². The third kappa shape index (κ3) is 2.70. The summed E-state index contributed by atoms with van der Waals surface area (Å²) in [5.41, 5.74) is 2.95. The minimum Gasteiger partial charge on any atom is -0.392 e. The number of aliphatic hydroxyl groups is 1. The van der Waals surface area contributed by atoms with Gasteiger partial charge >= 0.3 is 0 Å². The summed E-state index contributed by atoms with van der Waals surface area (Å²) in [7, 11) is 0. The molecule has 0 aromatic carbocycles. The maximum absolute atomic E-state index is 13.7. The molecule has 0 radical (unpaired) electrons. The van der Waals surface area contributed by atoms with Crippen LogP contribution in [0, 0.1) is 0 Å². The van der Waals surface area contributed by atoms with Crippen molar-refractivity contribution in [2.45, 2.75) is 18.8 Å². The van der Waals surface area contributed by atoms with E-state index in [1.807, 2.05) is 22.7 Å². The number of rotatable bonds is 4. The van der Waals surface area contributed by atoms with Gasteiger partial charge in [-0.1, -0.05) is 0 Å². The highest BCUT2D eigenvalue weighted by atomic mass is 19.1. The molecule has 0 unspecified atom stereocenters. The van der Waals surface area contributed by atoms with Gasteiger partial charge in [0.05, 0.1) is 36.9 Å². The quantitative estimate of drug-likeness (QED) is 0.662. The summed E-state index contributed by atoms with van der Waals surface area (Å²) in [5, 5.41) is 15.3. The second-order valence-corrected chi connectivity index (χ2v) is 5.78. The molecule has 1 saturated heterocycles. The van der Waals surface area contributed by atoms with E-state index < -0.39 is 6.17 Å². The second-order valence-electron chi connectivity index (χ2n) is 5.78. The molecule has 0 amide bonds. The monoisotopic (exact) mass is 328 g/mol. The maximum atomic E-state index is 13.7. The minimum absolute atomic E-state index is 0.0300. The molecule has 124 valence electrons. The summed E-state index contributed by atoms with van der Waals surface area (Å²) >= 11 is 0. The average molecular weight is 328 g/mol. The number of alkyl halides is 1. The SMILES string of the molecule is OCc1ccn2c(-c3cncc(N[C@H]4CNC[C@@H]4F)n3)cnc2c1. The third-order valence-corrected chi connectivity index (χ3v) is 4.13. The second kappa shape index (κ2) is 6.14. The summed E-state index contributed by atoms with van der Waals surface area (Å²) in [6, 6.07) is 3.34. The van der Waals surface area contributed by atoms with E-state index in [1.54, 1.807) is 18.6 Å². The van der Waals surface area contributed by atoms with E-state index in [9.17, 15) is 9.50 Å². The Bertz CT molecular complexity index is 867. The lowest BCUT2D eigenvalue weighted by Gasteiger charge is -2.14. The van der Waals surface area contributed by atoms with Crippen LogP contribution in [0.25, 0.3) is 17.0 Å². The molecule has 0 spiro atoms. The van der Waals surface area contributed by atoms with Crippen molar-refractivity contribution in [2.75, 3.05) is 18.4 Å². The molecule has 3 aromatic rings. The van der Waals surface area contributed by atoms with Crippen molar-refractivity contribution in [3.8, 4) is 11.4 Å². The molecule has 7 nitrogen and oxygen atoms in total. The van der Waals surface area contributed by atoms with Crippen LogP contribution in [-0.2, 0) is 6.61 Å². The topological polar surface area (TPSA) is 87.4 Å². The number of nitrogens with one attached hydrogen (secondary N) is 2. The highest BCUT2D eigenvalue weighted by molar-refractivity contribution is 5.61. The van der Waals surface area contributed by atoms with Crippen molar-refractivity contribution in [1.29, 1.82) is 0 Å². The number of fused-ring (bicyclic) bond motifs is 1. The highest BCUT2D eigenvalue weighted by Gasteiger charge is 2.26. The lowest BCUT2D eigenvalue weighted by atomic mass is 10.2. The first kappa shape index (κ1) is 15.0. The first-order chi connectivity index (χ1) is 11.7. The van der Waals surface area contributed by atoms with Gasteiger partial charge in [0.2, 0.25) is 0 Å². The molecule has 4 rings (SSSR count). The Morgan fingerprint density at radius 2 is 2.25 bits per heavy atom. The maximum Gasteiger partial charge on any atom is 0.145 e. The Morgan fingerprint density at radius 3 is 3.04 bits per heavy atom. The van der Waals surface area contributed by atoms with E-state index >= 15 is 0 Å². The molecule has 0 aliphatic carbocycles. The molecular formula is C16H17FN6O. The Balaban J connectivity index is 1.66. The van der Waals surface area contributed by atoms with Crippen LogP contribution in [0.5, 0.6) is 0 Å². The zero-order valence-electron chi connectivity index (χ0n) is 12.9. The fourth-order valence-corrected chi connectivity index (χ4v) is 2.85. The van der Waals surface area contributed by atoms with Crippen LogP contribution in [0.3, 0.4) is 0 Å². The van der Waals surface area contributed by atoms with E-state index in [0.29, 0.717) is 24.6 Å². The molecule has 3 N–H and O–H groups in total. The largest absolute Gasteiger partial charge is 0.392 e. The van der Waals surface area contributed by atoms with E-state index in [2.05, 4.69) is 25.6 Å². The van der Waals surface area contributed by atoms with Gasteiger partial charge in [0.15, 0.2) is 0 Å². The first-order valence-electron chi connectivity index (χ1n) is 7.75. The standard InChI is InChI=1S/C16H17FN6O/c17-11-4-18-5-12(11)21-15-8-19-6-13(22-15)14-7-20-16-3-10(9-24)1-2-23(14)16/h1-3,6-8,11-12,18,24H,4-5,9H2,(H,21,22)/t11-,12-/m0/s1. The summed E-state index contributed by atoms with van der Waals surface area (Å²) < 4.78 is 15.6. The van der Waals surface area contributed by atoms with Crippen molar-refractivity contribution in [3.63, 3.8) is 0 Å². The molecule has 1 aliphatic rings. The molecule has 1 aliphatic heterocycles. The van der Waals surface area contributed by atoms with Crippen molar-refractivity contribution in [2.24, 2.45) is 0 Å². The van der Waals surface area contributed by atoms with Gasteiger partial charge in [0.25, 0.3) is 0 Å². The van der Waals surface area contributed by atoms with Gasteiger partial charge in [-0.15, -0.1) is 0 Å². The van der Waals surface area contributed by atoms with E-state index in [4.69, 9.17) is 0 Å². The smallest absolute Gasteiger partial charge is 0.145 e. The lowest BCUT2D eigenvalue weighted by molar-refractivity contribution is 0.282. The first-order valence-corrected chi connectivity index (χ1v) is 7.75. The third-order valence-electron chi connectivity index (χ3n) is 4.13. The summed E-state index contributed by atoms with van der Waals surface area (Å²) in [6.07, 6.45) is 5.84. The Kier molecular flexibility index (Phi) is 3.83. The normalized spacial score (nSPS) is 20.6. The van der Waals surface area contributed by atoms with Gasteiger partial charge in [-0.2, -0.15) is 0 Å². The highest BCUT2D eigenvalue weighted by Crippen LogP contribution is 2.21. The molecule has 1 fully saturated rings. The van der Waals surface area contributed by atoms with Crippen molar-refractivity contribution in [1.82, 2.24) is 24.7 Å².